The molecule has 3 atom stereocenters. The van der Waals surface area contributed by atoms with Crippen LogP contribution in [0.25, 0.3) is 0 Å². The van der Waals surface area contributed by atoms with Crippen molar-refractivity contribution in [1.29, 1.82) is 0 Å². The summed E-state index contributed by atoms with van der Waals surface area (Å²) in [6.07, 6.45) is 0.931. The summed E-state index contributed by atoms with van der Waals surface area (Å²) >= 11 is 9.03. The van der Waals surface area contributed by atoms with E-state index in [9.17, 15) is 10.1 Å². The summed E-state index contributed by atoms with van der Waals surface area (Å²) in [5.74, 6) is -0.174. The van der Waals surface area contributed by atoms with Crippen LogP contribution in [-0.4, -0.2) is 46.2 Å². The Morgan fingerprint density at radius 3 is 2.48 bits per heavy atom. The van der Waals surface area contributed by atoms with E-state index in [-0.39, 0.29) is 29.6 Å². The molecule has 0 bridgehead atoms. The second-order valence-corrected chi connectivity index (χ2v) is 7.20. The number of hydrogen-bond acceptors (Lipinski definition) is 4. The Labute approximate surface area is 149 Å². The molecule has 126 valence electrons. The Kier molecular flexibility index (Phi) is 6.75. The number of halogens is 1. The van der Waals surface area contributed by atoms with Crippen molar-refractivity contribution in [1.82, 2.24) is 4.90 Å². The van der Waals surface area contributed by atoms with Gasteiger partial charge in [0.1, 0.15) is 0 Å². The predicted octanol–water partition coefficient (Wildman–Crippen LogP) is 2.88. The summed E-state index contributed by atoms with van der Waals surface area (Å²) in [6, 6.07) is 7.30. The van der Waals surface area contributed by atoms with Crippen LogP contribution < -0.4 is 0 Å². The van der Waals surface area contributed by atoms with Crippen molar-refractivity contribution in [2.24, 2.45) is 0 Å². The van der Waals surface area contributed by atoms with Gasteiger partial charge >= 0.3 is 150 Å². The van der Waals surface area contributed by atoms with Crippen LogP contribution in [0.2, 0.25) is 5.02 Å². The molecule has 1 unspecified atom stereocenters. The molecule has 0 aliphatic carbocycles. The average molecular weight is 377 g/mol. The van der Waals surface area contributed by atoms with Crippen LogP contribution in [-0.2, 0) is 20.6 Å². The molecule has 1 aliphatic heterocycles. The number of hydrogen-bond donors (Lipinski definition) is 0. The average Bonchev–Trinajstić information content (AvgIpc) is 2.45. The van der Waals surface area contributed by atoms with Gasteiger partial charge in [-0.3, -0.25) is 0 Å². The van der Waals surface area contributed by atoms with Gasteiger partial charge in [0.2, 0.25) is 0 Å². The third-order valence-electron chi connectivity index (χ3n) is 3.90. The maximum absolute atomic E-state index is 11.0. The molecule has 0 N–H and O–H groups in total. The first kappa shape index (κ1) is 18.6. The first-order valence-electron chi connectivity index (χ1n) is 7.65. The van der Waals surface area contributed by atoms with Gasteiger partial charge in [0.25, 0.3) is 0 Å². The quantitative estimate of drug-likeness (QED) is 0.566. The summed E-state index contributed by atoms with van der Waals surface area (Å²) in [7, 11) is 0. The van der Waals surface area contributed by atoms with E-state index in [2.05, 4.69) is 20.8 Å². The van der Waals surface area contributed by atoms with Crippen LogP contribution >= 0.6 is 11.6 Å². The predicted molar refractivity (Wildman–Crippen MR) is 87.3 cm³/mol. The Balaban J connectivity index is 2.09. The Hall–Kier alpha value is -0.768. The van der Waals surface area contributed by atoms with Crippen molar-refractivity contribution < 1.29 is 25.5 Å². The Morgan fingerprint density at radius 1 is 1.39 bits per heavy atom. The number of rotatable bonds is 6. The van der Waals surface area contributed by atoms with Gasteiger partial charge in [-0.2, -0.15) is 0 Å². The van der Waals surface area contributed by atoms with Crippen LogP contribution in [0.3, 0.4) is 0 Å². The van der Waals surface area contributed by atoms with Gasteiger partial charge in [0.15, 0.2) is 0 Å². The third kappa shape index (κ3) is 5.67. The molecule has 0 saturated carbocycles. The van der Waals surface area contributed by atoms with Crippen molar-refractivity contribution in [3.8, 4) is 0 Å². The number of morpholine rings is 1. The zero-order valence-electron chi connectivity index (χ0n) is 13.3. The molecule has 1 aromatic carbocycles. The van der Waals surface area contributed by atoms with Gasteiger partial charge in [-0.15, -0.1) is 0 Å². The number of nitrogens with zero attached hydrogens (tertiary/aromatic N) is 2. The van der Waals surface area contributed by atoms with Crippen molar-refractivity contribution in [3.63, 3.8) is 0 Å². The van der Waals surface area contributed by atoms with E-state index in [0.29, 0.717) is 11.4 Å². The van der Waals surface area contributed by atoms with E-state index in [1.54, 1.807) is 12.1 Å². The second-order valence-electron chi connectivity index (χ2n) is 6.02. The molecule has 2 rings (SSSR count). The molecule has 1 aliphatic rings. The van der Waals surface area contributed by atoms with Gasteiger partial charge in [-0.1, -0.05) is 0 Å². The summed E-state index contributed by atoms with van der Waals surface area (Å²) < 4.78 is 6.79. The summed E-state index contributed by atoms with van der Waals surface area (Å²) in [4.78, 5) is 13.0. The SMILES string of the molecule is C[C@@H]1CN([C](=[Cr])CC(C[N+](=O)[O-])c2ccc(Cl)cc2)C[C@@H](C)O1. The molecule has 7 heteroatoms. The standard InChI is InChI=1S/C16H21ClN2O3.Cr/c1-12-9-18(10-13(2)22-12)8-7-15(11-19(20)21)14-3-5-16(17)6-4-14;/h3-6,12-13,15H,7,9-11H2,1-2H3;/t12-,13-,15?;/m1./s1. The van der Waals surface area contributed by atoms with Crippen LogP contribution in [0.1, 0.15) is 31.7 Å². The zero-order chi connectivity index (χ0) is 17.0. The van der Waals surface area contributed by atoms with Gasteiger partial charge < -0.3 is 0 Å². The van der Waals surface area contributed by atoms with E-state index in [1.807, 2.05) is 26.0 Å². The van der Waals surface area contributed by atoms with Crippen LogP contribution in [0.15, 0.2) is 24.3 Å². The topological polar surface area (TPSA) is 55.6 Å². The minimum absolute atomic E-state index is 0.0950. The molecule has 0 aromatic heterocycles. The van der Waals surface area contributed by atoms with E-state index in [1.165, 1.54) is 0 Å². The summed E-state index contributed by atoms with van der Waals surface area (Å²) in [6.45, 7) is 5.60. The molecule has 5 nitrogen and oxygen atoms in total. The van der Waals surface area contributed by atoms with Crippen molar-refractivity contribution in [3.05, 3.63) is 45.0 Å². The van der Waals surface area contributed by atoms with E-state index < -0.39 is 0 Å². The van der Waals surface area contributed by atoms with Crippen molar-refractivity contribution in [2.75, 3.05) is 19.6 Å². The molecule has 0 amide bonds. The zero-order valence-corrected chi connectivity index (χ0v) is 15.3. The summed E-state index contributed by atoms with van der Waals surface area (Å²) in [5.41, 5.74) is 0.938. The summed E-state index contributed by atoms with van der Waals surface area (Å²) in [5, 5.41) is 11.7. The van der Waals surface area contributed by atoms with Gasteiger partial charge in [-0.05, 0) is 0 Å². The van der Waals surface area contributed by atoms with Gasteiger partial charge in [-0.25, -0.2) is 0 Å². The second kappa shape index (κ2) is 8.37. The first-order valence-corrected chi connectivity index (χ1v) is 8.67. The number of benzene rings is 1. The van der Waals surface area contributed by atoms with Crippen LogP contribution in [0, 0.1) is 10.1 Å². The van der Waals surface area contributed by atoms with Crippen LogP contribution in [0.5, 0.6) is 0 Å². The fourth-order valence-corrected chi connectivity index (χ4v) is 3.60. The minimum atomic E-state index is -0.253. The van der Waals surface area contributed by atoms with E-state index in [4.69, 9.17) is 16.3 Å². The van der Waals surface area contributed by atoms with E-state index >= 15 is 0 Å². The van der Waals surface area contributed by atoms with E-state index in [0.717, 1.165) is 23.2 Å². The Morgan fingerprint density at radius 2 is 1.96 bits per heavy atom. The molecule has 0 radical (unpaired) electrons. The number of nitro groups is 1. The molecule has 1 saturated heterocycles. The fraction of sp³-hybridized carbons (Fsp3) is 0.562. The fourth-order valence-electron chi connectivity index (χ4n) is 2.92. The Bertz CT molecular complexity index is 557. The van der Waals surface area contributed by atoms with Crippen molar-refractivity contribution >= 4 is 16.1 Å². The first-order chi connectivity index (χ1) is 10.8. The molecule has 1 aromatic rings. The molecule has 0 spiro atoms. The molecular formula is C16H21ClCrN2O3. The van der Waals surface area contributed by atoms with Crippen LogP contribution in [0.4, 0.5) is 0 Å². The van der Waals surface area contributed by atoms with Crippen molar-refractivity contribution in [2.45, 2.75) is 38.4 Å². The molecule has 1 heterocycles. The normalized spacial score (nSPS) is 23.4. The molecule has 23 heavy (non-hydrogen) atoms. The molecular weight excluding hydrogens is 356 g/mol. The maximum atomic E-state index is 11.0. The van der Waals surface area contributed by atoms with Gasteiger partial charge in [0, 0.05) is 0 Å². The number of ether oxygens (including phenoxy) is 1. The monoisotopic (exact) mass is 376 g/mol. The molecule has 1 fully saturated rings. The third-order valence-corrected chi connectivity index (χ3v) is 4.82. The van der Waals surface area contributed by atoms with Gasteiger partial charge in [0.05, 0.1) is 0 Å².